The van der Waals surface area contributed by atoms with Crippen molar-refractivity contribution in [2.45, 2.75) is 25.4 Å². The molecule has 0 fully saturated rings. The van der Waals surface area contributed by atoms with Gasteiger partial charge in [0.15, 0.2) is 5.03 Å². The van der Waals surface area contributed by atoms with Crippen LogP contribution < -0.4 is 4.72 Å². The van der Waals surface area contributed by atoms with Crippen LogP contribution in [0.4, 0.5) is 5.69 Å². The Hall–Kier alpha value is -1.41. The summed E-state index contributed by atoms with van der Waals surface area (Å²) in [4.78, 5) is 7.92. The number of nitrogens with zero attached hydrogens (tertiary/aromatic N) is 3. The van der Waals surface area contributed by atoms with Crippen molar-refractivity contribution in [2.75, 3.05) is 4.72 Å². The second kappa shape index (κ2) is 5.30. The number of hydrogen-bond donors (Lipinski definition) is 1. The summed E-state index contributed by atoms with van der Waals surface area (Å²) in [6.07, 6.45) is 4.42. The highest BCUT2D eigenvalue weighted by atomic mass is 79.9. The Morgan fingerprint density at radius 2 is 2.16 bits per heavy atom. The van der Waals surface area contributed by atoms with Crippen LogP contribution in [-0.2, 0) is 16.6 Å². The molecule has 2 heterocycles. The molecular weight excluding hydrogens is 332 g/mol. The van der Waals surface area contributed by atoms with Gasteiger partial charge < -0.3 is 4.57 Å². The van der Waals surface area contributed by atoms with Crippen molar-refractivity contribution in [3.05, 3.63) is 35.0 Å². The minimum atomic E-state index is -3.67. The SMILES string of the molecule is CCn1cnc(S(=O)(=O)Nc2cnc(Br)c(C)c2)c1. The zero-order chi connectivity index (χ0) is 14.0. The fraction of sp³-hybridized carbons (Fsp3) is 0.273. The van der Waals surface area contributed by atoms with E-state index in [1.54, 1.807) is 10.6 Å². The number of sulfonamides is 1. The van der Waals surface area contributed by atoms with Crippen LogP contribution in [0.1, 0.15) is 12.5 Å². The molecule has 2 aromatic heterocycles. The van der Waals surface area contributed by atoms with Crippen molar-refractivity contribution in [3.63, 3.8) is 0 Å². The molecule has 0 saturated heterocycles. The number of pyridine rings is 1. The first-order valence-electron chi connectivity index (χ1n) is 5.59. The Morgan fingerprint density at radius 3 is 2.74 bits per heavy atom. The predicted octanol–water partition coefficient (Wildman–Crippen LogP) is 2.17. The minimum Gasteiger partial charge on any atom is -0.336 e. The molecule has 0 amide bonds. The summed E-state index contributed by atoms with van der Waals surface area (Å²) in [5, 5.41) is -0.00470. The monoisotopic (exact) mass is 344 g/mol. The van der Waals surface area contributed by atoms with Gasteiger partial charge in [-0.05, 0) is 41.4 Å². The Bertz CT molecular complexity index is 696. The van der Waals surface area contributed by atoms with E-state index < -0.39 is 10.0 Å². The number of imidazole rings is 1. The molecule has 0 aliphatic heterocycles. The van der Waals surface area contributed by atoms with Crippen LogP contribution in [0, 0.1) is 6.92 Å². The summed E-state index contributed by atoms with van der Waals surface area (Å²) >= 11 is 3.26. The average Bonchev–Trinajstić information content (AvgIpc) is 2.83. The maximum Gasteiger partial charge on any atom is 0.280 e. The van der Waals surface area contributed by atoms with E-state index >= 15 is 0 Å². The second-order valence-electron chi connectivity index (χ2n) is 3.98. The molecule has 102 valence electrons. The standard InChI is InChI=1S/C11H13BrN4O2S/c1-3-16-6-10(14-7-16)19(17,18)15-9-4-8(2)11(12)13-5-9/h4-7,15H,3H2,1-2H3. The summed E-state index contributed by atoms with van der Waals surface area (Å²) in [6, 6.07) is 1.70. The number of hydrogen-bond acceptors (Lipinski definition) is 4. The predicted molar refractivity (Wildman–Crippen MR) is 75.4 cm³/mol. The van der Waals surface area contributed by atoms with E-state index in [1.165, 1.54) is 18.7 Å². The van der Waals surface area contributed by atoms with Crippen molar-refractivity contribution in [3.8, 4) is 0 Å². The topological polar surface area (TPSA) is 76.9 Å². The molecule has 0 spiro atoms. The molecule has 2 rings (SSSR count). The van der Waals surface area contributed by atoms with Crippen LogP contribution in [0.2, 0.25) is 0 Å². The van der Waals surface area contributed by atoms with Gasteiger partial charge >= 0.3 is 0 Å². The van der Waals surface area contributed by atoms with Crippen LogP contribution in [0.3, 0.4) is 0 Å². The quantitative estimate of drug-likeness (QED) is 0.862. The van der Waals surface area contributed by atoms with Crippen molar-refractivity contribution >= 4 is 31.6 Å². The number of aryl methyl sites for hydroxylation is 2. The molecule has 0 atom stereocenters. The number of aromatic nitrogens is 3. The smallest absolute Gasteiger partial charge is 0.280 e. The summed E-state index contributed by atoms with van der Waals surface area (Å²) in [6.45, 7) is 4.41. The largest absolute Gasteiger partial charge is 0.336 e. The zero-order valence-corrected chi connectivity index (χ0v) is 12.9. The lowest BCUT2D eigenvalue weighted by Crippen LogP contribution is -2.13. The summed E-state index contributed by atoms with van der Waals surface area (Å²) < 4.78 is 29.0. The Kier molecular flexibility index (Phi) is 3.91. The van der Waals surface area contributed by atoms with E-state index in [0.717, 1.165) is 5.56 Å². The van der Waals surface area contributed by atoms with Crippen molar-refractivity contribution in [1.82, 2.24) is 14.5 Å². The van der Waals surface area contributed by atoms with Crippen LogP contribution >= 0.6 is 15.9 Å². The van der Waals surface area contributed by atoms with Crippen LogP contribution in [0.15, 0.2) is 34.4 Å². The van der Waals surface area contributed by atoms with Gasteiger partial charge in [0.1, 0.15) is 4.60 Å². The van der Waals surface area contributed by atoms with Gasteiger partial charge in [-0.2, -0.15) is 8.42 Å². The molecule has 0 aliphatic rings. The first-order chi connectivity index (χ1) is 8.92. The van der Waals surface area contributed by atoms with E-state index in [4.69, 9.17) is 0 Å². The summed E-state index contributed by atoms with van der Waals surface area (Å²) in [7, 11) is -3.67. The minimum absolute atomic E-state index is 0.00470. The number of halogens is 1. The molecule has 6 nitrogen and oxygen atoms in total. The molecule has 8 heteroatoms. The van der Waals surface area contributed by atoms with Gasteiger partial charge in [-0.25, -0.2) is 9.97 Å². The third-order valence-electron chi connectivity index (χ3n) is 2.52. The van der Waals surface area contributed by atoms with Gasteiger partial charge in [0.2, 0.25) is 0 Å². The van der Waals surface area contributed by atoms with Gasteiger partial charge in [0.25, 0.3) is 10.0 Å². The van der Waals surface area contributed by atoms with Gasteiger partial charge in [0, 0.05) is 12.7 Å². The molecule has 0 radical (unpaired) electrons. The third kappa shape index (κ3) is 3.13. The highest BCUT2D eigenvalue weighted by Gasteiger charge is 2.17. The first-order valence-corrected chi connectivity index (χ1v) is 7.86. The highest BCUT2D eigenvalue weighted by Crippen LogP contribution is 2.19. The van der Waals surface area contributed by atoms with E-state index in [0.29, 0.717) is 16.8 Å². The van der Waals surface area contributed by atoms with Crippen molar-refractivity contribution in [1.29, 1.82) is 0 Å². The lowest BCUT2D eigenvalue weighted by atomic mass is 10.3. The van der Waals surface area contributed by atoms with Crippen LogP contribution in [0.25, 0.3) is 0 Å². The molecule has 19 heavy (non-hydrogen) atoms. The molecule has 0 bridgehead atoms. The van der Waals surface area contributed by atoms with Crippen LogP contribution in [0.5, 0.6) is 0 Å². The molecule has 0 aliphatic carbocycles. The van der Waals surface area contributed by atoms with Gasteiger partial charge in [0.05, 0.1) is 18.2 Å². The normalized spacial score (nSPS) is 11.5. The molecular formula is C11H13BrN4O2S. The van der Waals surface area contributed by atoms with Crippen LogP contribution in [-0.4, -0.2) is 23.0 Å². The summed E-state index contributed by atoms with van der Waals surface area (Å²) in [5.41, 5.74) is 1.26. The van der Waals surface area contributed by atoms with E-state index in [9.17, 15) is 8.42 Å². The lowest BCUT2D eigenvalue weighted by molar-refractivity contribution is 0.598. The first kappa shape index (κ1) is 14.0. The maximum atomic E-state index is 12.1. The fourth-order valence-electron chi connectivity index (χ4n) is 1.47. The summed E-state index contributed by atoms with van der Waals surface area (Å²) in [5.74, 6) is 0. The van der Waals surface area contributed by atoms with Crippen molar-refractivity contribution < 1.29 is 8.42 Å². The van der Waals surface area contributed by atoms with Gasteiger partial charge in [-0.15, -0.1) is 0 Å². The maximum absolute atomic E-state index is 12.1. The lowest BCUT2D eigenvalue weighted by Gasteiger charge is -2.06. The van der Waals surface area contributed by atoms with E-state index in [1.807, 2.05) is 13.8 Å². The molecule has 0 unspecified atom stereocenters. The molecule has 0 aromatic carbocycles. The number of nitrogens with one attached hydrogen (secondary N) is 1. The molecule has 1 N–H and O–H groups in total. The van der Waals surface area contributed by atoms with E-state index in [2.05, 4.69) is 30.6 Å². The number of anilines is 1. The second-order valence-corrected chi connectivity index (χ2v) is 6.36. The average molecular weight is 345 g/mol. The van der Waals surface area contributed by atoms with Gasteiger partial charge in [-0.1, -0.05) is 0 Å². The van der Waals surface area contributed by atoms with Crippen molar-refractivity contribution in [2.24, 2.45) is 0 Å². The molecule has 2 aromatic rings. The Morgan fingerprint density at radius 1 is 1.42 bits per heavy atom. The zero-order valence-electron chi connectivity index (χ0n) is 10.5. The third-order valence-corrected chi connectivity index (χ3v) is 4.61. The van der Waals surface area contributed by atoms with Gasteiger partial charge in [-0.3, -0.25) is 4.72 Å². The van der Waals surface area contributed by atoms with E-state index in [-0.39, 0.29) is 5.03 Å². The fourth-order valence-corrected chi connectivity index (χ4v) is 2.68. The molecule has 0 saturated carbocycles. The highest BCUT2D eigenvalue weighted by molar-refractivity contribution is 9.10. The number of rotatable bonds is 4. The Labute approximate surface area is 120 Å². The Balaban J connectivity index is 2.28.